The third-order valence-electron chi connectivity index (χ3n) is 4.17. The lowest BCUT2D eigenvalue weighted by molar-refractivity contribution is 0.799. The van der Waals surface area contributed by atoms with E-state index in [-0.39, 0.29) is 5.56 Å². The van der Waals surface area contributed by atoms with E-state index in [0.717, 1.165) is 31.7 Å². The Hall–Kier alpha value is -2.39. The minimum atomic E-state index is 0.0510. The maximum Gasteiger partial charge on any atom is 0.259 e. The van der Waals surface area contributed by atoms with Gasteiger partial charge in [0.2, 0.25) is 0 Å². The highest BCUT2D eigenvalue weighted by molar-refractivity contribution is 9.10. The molecule has 0 fully saturated rings. The van der Waals surface area contributed by atoms with Crippen LogP contribution in [0.1, 0.15) is 5.56 Å². The molecule has 0 unspecified atom stereocenters. The van der Waals surface area contributed by atoms with E-state index in [2.05, 4.69) is 22.0 Å². The van der Waals surface area contributed by atoms with Crippen LogP contribution in [-0.4, -0.2) is 4.57 Å². The molecule has 2 nitrogen and oxygen atoms in total. The number of pyridine rings is 1. The smallest absolute Gasteiger partial charge is 0.259 e. The van der Waals surface area contributed by atoms with E-state index >= 15 is 0 Å². The number of rotatable bonds is 2. The van der Waals surface area contributed by atoms with Crippen molar-refractivity contribution in [2.24, 2.45) is 0 Å². The number of hydrogen-bond acceptors (Lipinski definition) is 1. The molecule has 23 heavy (non-hydrogen) atoms. The molecule has 4 rings (SSSR count). The monoisotopic (exact) mass is 363 g/mol. The van der Waals surface area contributed by atoms with Crippen molar-refractivity contribution in [2.45, 2.75) is 6.54 Å². The number of fused-ring (bicyclic) bond motifs is 3. The average molecular weight is 364 g/mol. The summed E-state index contributed by atoms with van der Waals surface area (Å²) in [5.41, 5.74) is 2.11. The number of nitrogens with zero attached hydrogens (tertiary/aromatic N) is 1. The van der Waals surface area contributed by atoms with Crippen LogP contribution in [0.4, 0.5) is 0 Å². The van der Waals surface area contributed by atoms with Gasteiger partial charge >= 0.3 is 0 Å². The van der Waals surface area contributed by atoms with Gasteiger partial charge in [0.1, 0.15) is 0 Å². The van der Waals surface area contributed by atoms with Crippen molar-refractivity contribution in [1.82, 2.24) is 4.57 Å². The lowest BCUT2D eigenvalue weighted by atomic mass is 10.1. The van der Waals surface area contributed by atoms with E-state index in [1.165, 1.54) is 0 Å². The normalized spacial score (nSPS) is 11.2. The van der Waals surface area contributed by atoms with E-state index in [9.17, 15) is 4.79 Å². The summed E-state index contributed by atoms with van der Waals surface area (Å²) in [5.74, 6) is 0. The fourth-order valence-corrected chi connectivity index (χ4v) is 3.46. The summed E-state index contributed by atoms with van der Waals surface area (Å²) in [7, 11) is 0. The molecule has 0 spiro atoms. The first-order valence-corrected chi connectivity index (χ1v) is 8.29. The first-order valence-electron chi connectivity index (χ1n) is 7.49. The first-order chi connectivity index (χ1) is 11.3. The SMILES string of the molecule is O=c1c2ccccc2c2ccccc2n1Cc1ccccc1Br. The Balaban J connectivity index is 2.07. The zero-order chi connectivity index (χ0) is 15.8. The second-order valence-corrected chi connectivity index (χ2v) is 6.40. The molecule has 0 N–H and O–H groups in total. The maximum atomic E-state index is 13.0. The zero-order valence-electron chi connectivity index (χ0n) is 12.4. The van der Waals surface area contributed by atoms with E-state index in [0.29, 0.717) is 6.54 Å². The molecule has 0 atom stereocenters. The number of hydrogen-bond donors (Lipinski definition) is 0. The molecule has 0 aliphatic heterocycles. The van der Waals surface area contributed by atoms with E-state index in [1.807, 2.05) is 71.3 Å². The van der Waals surface area contributed by atoms with Crippen LogP contribution in [0.15, 0.2) is 82.1 Å². The minimum Gasteiger partial charge on any atom is -0.303 e. The first kappa shape index (κ1) is 14.2. The molecule has 0 radical (unpaired) electrons. The number of benzene rings is 3. The fraction of sp³-hybridized carbons (Fsp3) is 0.0500. The topological polar surface area (TPSA) is 22.0 Å². The molecule has 1 heterocycles. The Kier molecular flexibility index (Phi) is 3.50. The van der Waals surface area contributed by atoms with Crippen LogP contribution in [0.25, 0.3) is 21.7 Å². The van der Waals surface area contributed by atoms with Gasteiger partial charge in [-0.05, 0) is 29.1 Å². The van der Waals surface area contributed by atoms with Crippen LogP contribution >= 0.6 is 15.9 Å². The van der Waals surface area contributed by atoms with Gasteiger partial charge in [-0.3, -0.25) is 4.79 Å². The average Bonchev–Trinajstić information content (AvgIpc) is 2.60. The van der Waals surface area contributed by atoms with Crippen LogP contribution in [-0.2, 0) is 6.54 Å². The van der Waals surface area contributed by atoms with Gasteiger partial charge in [0, 0.05) is 15.2 Å². The molecular formula is C20H14BrNO. The number of halogens is 1. The highest BCUT2D eigenvalue weighted by atomic mass is 79.9. The van der Waals surface area contributed by atoms with Crippen molar-refractivity contribution < 1.29 is 0 Å². The molecular weight excluding hydrogens is 350 g/mol. The summed E-state index contributed by atoms with van der Waals surface area (Å²) < 4.78 is 2.88. The molecule has 4 aromatic rings. The predicted octanol–water partition coefficient (Wildman–Crippen LogP) is 4.97. The highest BCUT2D eigenvalue weighted by Gasteiger charge is 2.11. The molecule has 0 saturated carbocycles. The van der Waals surface area contributed by atoms with Crippen molar-refractivity contribution in [3.05, 3.63) is 93.2 Å². The van der Waals surface area contributed by atoms with Crippen molar-refractivity contribution >= 4 is 37.6 Å². The standard InChI is InChI=1S/C20H14BrNO/c21-18-11-5-1-7-14(18)13-22-19-12-6-4-9-16(19)15-8-2-3-10-17(15)20(22)23/h1-12H,13H2. The maximum absolute atomic E-state index is 13.0. The molecule has 1 aromatic heterocycles. The summed E-state index contributed by atoms with van der Waals surface area (Å²) >= 11 is 3.58. The van der Waals surface area contributed by atoms with Crippen LogP contribution in [0.2, 0.25) is 0 Å². The third kappa shape index (κ3) is 2.37. The molecule has 0 aliphatic rings. The predicted molar refractivity (Wildman–Crippen MR) is 99.0 cm³/mol. The quantitative estimate of drug-likeness (QED) is 0.461. The van der Waals surface area contributed by atoms with Gasteiger partial charge in [-0.1, -0.05) is 70.5 Å². The minimum absolute atomic E-state index is 0.0510. The summed E-state index contributed by atoms with van der Waals surface area (Å²) in [6.45, 7) is 0.547. The Morgan fingerprint density at radius 3 is 2.13 bits per heavy atom. The van der Waals surface area contributed by atoms with E-state index in [1.54, 1.807) is 0 Å². The van der Waals surface area contributed by atoms with Gasteiger partial charge < -0.3 is 4.57 Å². The Morgan fingerprint density at radius 2 is 1.35 bits per heavy atom. The molecule has 112 valence electrons. The van der Waals surface area contributed by atoms with Crippen molar-refractivity contribution in [3.63, 3.8) is 0 Å². The zero-order valence-corrected chi connectivity index (χ0v) is 14.0. The Bertz CT molecular complexity index is 1080. The Morgan fingerprint density at radius 1 is 0.739 bits per heavy atom. The molecule has 0 saturated heterocycles. The van der Waals surface area contributed by atoms with Gasteiger partial charge in [0.15, 0.2) is 0 Å². The van der Waals surface area contributed by atoms with Crippen LogP contribution < -0.4 is 5.56 Å². The summed E-state index contributed by atoms with van der Waals surface area (Å²) in [5, 5.41) is 2.88. The third-order valence-corrected chi connectivity index (χ3v) is 4.95. The summed E-state index contributed by atoms with van der Waals surface area (Å²) in [4.78, 5) is 13.0. The second-order valence-electron chi connectivity index (χ2n) is 5.55. The molecule has 3 aromatic carbocycles. The highest BCUT2D eigenvalue weighted by Crippen LogP contribution is 2.24. The van der Waals surface area contributed by atoms with E-state index in [4.69, 9.17) is 0 Å². The van der Waals surface area contributed by atoms with Crippen LogP contribution in [0.5, 0.6) is 0 Å². The van der Waals surface area contributed by atoms with Gasteiger partial charge in [0.25, 0.3) is 5.56 Å². The van der Waals surface area contributed by atoms with Gasteiger partial charge in [-0.25, -0.2) is 0 Å². The van der Waals surface area contributed by atoms with Crippen molar-refractivity contribution in [1.29, 1.82) is 0 Å². The summed E-state index contributed by atoms with van der Waals surface area (Å²) in [6.07, 6.45) is 0. The second kappa shape index (κ2) is 5.67. The number of para-hydroxylation sites is 1. The van der Waals surface area contributed by atoms with Gasteiger partial charge in [-0.2, -0.15) is 0 Å². The fourth-order valence-electron chi connectivity index (χ4n) is 3.05. The van der Waals surface area contributed by atoms with Crippen molar-refractivity contribution in [2.75, 3.05) is 0 Å². The van der Waals surface area contributed by atoms with Crippen molar-refractivity contribution in [3.8, 4) is 0 Å². The molecule has 0 aliphatic carbocycles. The summed E-state index contributed by atoms with van der Waals surface area (Å²) in [6, 6.07) is 23.9. The van der Waals surface area contributed by atoms with Crippen LogP contribution in [0, 0.1) is 0 Å². The Labute approximate surface area is 142 Å². The largest absolute Gasteiger partial charge is 0.303 e. The molecule has 3 heteroatoms. The number of aromatic nitrogens is 1. The van der Waals surface area contributed by atoms with Crippen LogP contribution in [0.3, 0.4) is 0 Å². The molecule has 0 amide bonds. The molecule has 0 bridgehead atoms. The van der Waals surface area contributed by atoms with Gasteiger partial charge in [-0.15, -0.1) is 0 Å². The lowest BCUT2D eigenvalue weighted by Crippen LogP contribution is -2.21. The van der Waals surface area contributed by atoms with E-state index < -0.39 is 0 Å². The lowest BCUT2D eigenvalue weighted by Gasteiger charge is -2.14. The van der Waals surface area contributed by atoms with Gasteiger partial charge in [0.05, 0.1) is 12.1 Å².